The molecular formula is C13H21N3O. The lowest BCUT2D eigenvalue weighted by Gasteiger charge is -2.39. The van der Waals surface area contributed by atoms with Gasteiger partial charge in [-0.3, -0.25) is 9.88 Å². The van der Waals surface area contributed by atoms with E-state index >= 15 is 0 Å². The molecule has 2 rings (SSSR count). The van der Waals surface area contributed by atoms with Crippen LogP contribution in [0.25, 0.3) is 0 Å². The predicted octanol–water partition coefficient (Wildman–Crippen LogP) is 1.57. The van der Waals surface area contributed by atoms with E-state index in [0.29, 0.717) is 5.69 Å². The quantitative estimate of drug-likeness (QED) is 0.835. The average Bonchev–Trinajstić information content (AvgIpc) is 2.83. The Balaban J connectivity index is 2.24. The maximum Gasteiger partial charge on any atom is 0.100 e. The molecule has 1 fully saturated rings. The number of rotatable bonds is 3. The second-order valence-electron chi connectivity index (χ2n) is 5.25. The van der Waals surface area contributed by atoms with Crippen molar-refractivity contribution in [2.45, 2.75) is 38.3 Å². The van der Waals surface area contributed by atoms with Crippen LogP contribution in [0.3, 0.4) is 0 Å². The molecule has 4 heteroatoms. The van der Waals surface area contributed by atoms with Crippen LogP contribution in [0.1, 0.15) is 38.4 Å². The normalized spacial score (nSPS) is 19.5. The lowest BCUT2D eigenvalue weighted by Crippen LogP contribution is -2.47. The Labute approximate surface area is 102 Å². The van der Waals surface area contributed by atoms with E-state index in [1.54, 1.807) is 18.5 Å². The number of likely N-dealkylation sites (tertiary alicyclic amines) is 1. The molecule has 1 atom stereocenters. The number of anilines is 1. The van der Waals surface area contributed by atoms with Crippen LogP contribution in [-0.4, -0.2) is 33.6 Å². The summed E-state index contributed by atoms with van der Waals surface area (Å²) in [5.41, 5.74) is 6.94. The van der Waals surface area contributed by atoms with Crippen LogP contribution in [0.4, 0.5) is 5.69 Å². The third-order valence-electron chi connectivity index (χ3n) is 3.77. The van der Waals surface area contributed by atoms with Gasteiger partial charge >= 0.3 is 0 Å². The number of nitrogens with two attached hydrogens (primary N) is 1. The van der Waals surface area contributed by atoms with Gasteiger partial charge < -0.3 is 10.8 Å². The van der Waals surface area contributed by atoms with E-state index in [0.717, 1.165) is 18.7 Å². The Hall–Kier alpha value is -1.13. The molecule has 3 N–H and O–H groups in total. The van der Waals surface area contributed by atoms with Gasteiger partial charge in [0.05, 0.1) is 0 Å². The molecule has 17 heavy (non-hydrogen) atoms. The second-order valence-corrected chi connectivity index (χ2v) is 5.25. The fourth-order valence-corrected chi connectivity index (χ4v) is 2.49. The maximum absolute atomic E-state index is 10.5. The molecule has 0 bridgehead atoms. The predicted molar refractivity (Wildman–Crippen MR) is 68.5 cm³/mol. The van der Waals surface area contributed by atoms with Crippen LogP contribution < -0.4 is 5.73 Å². The third kappa shape index (κ3) is 2.28. The van der Waals surface area contributed by atoms with Gasteiger partial charge in [-0.05, 0) is 45.8 Å². The minimum Gasteiger partial charge on any atom is -0.398 e. The number of pyridine rings is 1. The zero-order valence-electron chi connectivity index (χ0n) is 10.6. The SMILES string of the molecule is CC(C)(C(O)c1cnccc1N)N1CCCC1. The first-order valence-corrected chi connectivity index (χ1v) is 6.16. The standard InChI is InChI=1S/C13H21N3O/c1-13(2,16-7-3-4-8-16)12(17)10-9-15-6-5-11(10)14/h5-6,9,12,17H,3-4,7-8H2,1-2H3,(H2,14,15). The summed E-state index contributed by atoms with van der Waals surface area (Å²) in [6.07, 6.45) is 5.12. The number of aliphatic hydroxyl groups excluding tert-OH is 1. The molecule has 1 aromatic rings. The van der Waals surface area contributed by atoms with Crippen molar-refractivity contribution in [1.29, 1.82) is 0 Å². The lowest BCUT2D eigenvalue weighted by molar-refractivity contribution is 0.00157. The van der Waals surface area contributed by atoms with Crippen molar-refractivity contribution in [2.75, 3.05) is 18.8 Å². The number of nitrogens with zero attached hydrogens (tertiary/aromatic N) is 2. The lowest BCUT2D eigenvalue weighted by atomic mass is 9.90. The van der Waals surface area contributed by atoms with Gasteiger partial charge in [0, 0.05) is 29.2 Å². The summed E-state index contributed by atoms with van der Waals surface area (Å²) >= 11 is 0. The molecule has 94 valence electrons. The monoisotopic (exact) mass is 235 g/mol. The fraction of sp³-hybridized carbons (Fsp3) is 0.615. The van der Waals surface area contributed by atoms with Gasteiger partial charge in [0.1, 0.15) is 6.10 Å². The summed E-state index contributed by atoms with van der Waals surface area (Å²) in [5, 5.41) is 10.5. The van der Waals surface area contributed by atoms with Crippen LogP contribution in [0.2, 0.25) is 0 Å². The first-order chi connectivity index (χ1) is 8.03. The maximum atomic E-state index is 10.5. The minimum absolute atomic E-state index is 0.298. The molecule has 2 heterocycles. The third-order valence-corrected chi connectivity index (χ3v) is 3.77. The van der Waals surface area contributed by atoms with E-state index in [1.807, 2.05) is 0 Å². The van der Waals surface area contributed by atoms with E-state index in [9.17, 15) is 5.11 Å². The smallest absolute Gasteiger partial charge is 0.100 e. The van der Waals surface area contributed by atoms with E-state index in [2.05, 4.69) is 23.7 Å². The molecule has 0 spiro atoms. The molecule has 1 aromatic heterocycles. The van der Waals surface area contributed by atoms with Gasteiger partial charge in [0.15, 0.2) is 0 Å². The van der Waals surface area contributed by atoms with Gasteiger partial charge in [-0.15, -0.1) is 0 Å². The topological polar surface area (TPSA) is 62.4 Å². The highest BCUT2D eigenvalue weighted by Crippen LogP contribution is 2.35. The summed E-state index contributed by atoms with van der Waals surface area (Å²) in [4.78, 5) is 6.37. The van der Waals surface area contributed by atoms with E-state index < -0.39 is 6.10 Å². The number of aliphatic hydroxyl groups is 1. The molecule has 1 aliphatic rings. The highest BCUT2D eigenvalue weighted by atomic mass is 16.3. The largest absolute Gasteiger partial charge is 0.398 e. The van der Waals surface area contributed by atoms with Crippen LogP contribution >= 0.6 is 0 Å². The Morgan fingerprint density at radius 3 is 2.65 bits per heavy atom. The summed E-state index contributed by atoms with van der Waals surface area (Å²) in [6, 6.07) is 1.73. The van der Waals surface area contributed by atoms with Crippen LogP contribution in [-0.2, 0) is 0 Å². The van der Waals surface area contributed by atoms with Gasteiger partial charge in [0.25, 0.3) is 0 Å². The van der Waals surface area contributed by atoms with E-state index in [1.165, 1.54) is 12.8 Å². The van der Waals surface area contributed by atoms with Crippen molar-refractivity contribution < 1.29 is 5.11 Å². The van der Waals surface area contributed by atoms with Crippen LogP contribution in [0.15, 0.2) is 18.5 Å². The number of nitrogen functional groups attached to an aromatic ring is 1. The Morgan fingerprint density at radius 1 is 1.41 bits per heavy atom. The zero-order chi connectivity index (χ0) is 12.5. The Bertz CT molecular complexity index is 386. The Kier molecular flexibility index (Phi) is 3.35. The molecule has 0 aliphatic carbocycles. The van der Waals surface area contributed by atoms with Gasteiger partial charge in [-0.25, -0.2) is 0 Å². The van der Waals surface area contributed by atoms with Gasteiger partial charge in [-0.2, -0.15) is 0 Å². The number of hydrogen-bond donors (Lipinski definition) is 2. The number of hydrogen-bond acceptors (Lipinski definition) is 4. The summed E-state index contributed by atoms with van der Waals surface area (Å²) in [6.45, 7) is 6.22. The van der Waals surface area contributed by atoms with Crippen LogP contribution in [0.5, 0.6) is 0 Å². The number of aromatic nitrogens is 1. The summed E-state index contributed by atoms with van der Waals surface area (Å²) in [7, 11) is 0. The second kappa shape index (κ2) is 4.63. The minimum atomic E-state index is -0.603. The fourth-order valence-electron chi connectivity index (χ4n) is 2.49. The first-order valence-electron chi connectivity index (χ1n) is 6.16. The van der Waals surface area contributed by atoms with E-state index in [-0.39, 0.29) is 5.54 Å². The summed E-state index contributed by atoms with van der Waals surface area (Å²) in [5.74, 6) is 0. The molecule has 1 aliphatic heterocycles. The van der Waals surface area contributed by atoms with Crippen molar-refractivity contribution in [3.05, 3.63) is 24.0 Å². The van der Waals surface area contributed by atoms with Crippen molar-refractivity contribution >= 4 is 5.69 Å². The summed E-state index contributed by atoms with van der Waals surface area (Å²) < 4.78 is 0. The molecule has 0 aromatic carbocycles. The van der Waals surface area contributed by atoms with Crippen molar-refractivity contribution in [1.82, 2.24) is 9.88 Å². The van der Waals surface area contributed by atoms with E-state index in [4.69, 9.17) is 5.73 Å². The van der Waals surface area contributed by atoms with Crippen molar-refractivity contribution in [2.24, 2.45) is 0 Å². The molecule has 1 unspecified atom stereocenters. The van der Waals surface area contributed by atoms with Crippen molar-refractivity contribution in [3.63, 3.8) is 0 Å². The zero-order valence-corrected chi connectivity index (χ0v) is 10.6. The van der Waals surface area contributed by atoms with Crippen molar-refractivity contribution in [3.8, 4) is 0 Å². The van der Waals surface area contributed by atoms with Gasteiger partial charge in [0.2, 0.25) is 0 Å². The molecule has 0 amide bonds. The average molecular weight is 235 g/mol. The molecule has 1 saturated heterocycles. The molecule has 0 radical (unpaired) electrons. The molecule has 4 nitrogen and oxygen atoms in total. The molecular weight excluding hydrogens is 214 g/mol. The molecule has 0 saturated carbocycles. The van der Waals surface area contributed by atoms with Crippen LogP contribution in [0, 0.1) is 0 Å². The van der Waals surface area contributed by atoms with Gasteiger partial charge in [-0.1, -0.05) is 0 Å². The highest BCUT2D eigenvalue weighted by molar-refractivity contribution is 5.46. The first kappa shape index (κ1) is 12.3. The highest BCUT2D eigenvalue weighted by Gasteiger charge is 2.37. The Morgan fingerprint density at radius 2 is 2.06 bits per heavy atom.